The van der Waals surface area contributed by atoms with Crippen molar-refractivity contribution in [2.24, 2.45) is 10.2 Å². The molecule has 6 heteroatoms. The summed E-state index contributed by atoms with van der Waals surface area (Å²) in [5.74, 6) is 1.43. The van der Waals surface area contributed by atoms with Crippen LogP contribution in [0.3, 0.4) is 0 Å². The molecule has 0 spiro atoms. The van der Waals surface area contributed by atoms with E-state index in [9.17, 15) is 4.79 Å². The highest BCUT2D eigenvalue weighted by atomic mass is 16.7. The van der Waals surface area contributed by atoms with Crippen LogP contribution in [0.2, 0.25) is 0 Å². The number of hydrogen-bond donors (Lipinski definition) is 0. The highest BCUT2D eigenvalue weighted by Crippen LogP contribution is 2.35. The number of rotatable bonds is 3. The lowest BCUT2D eigenvalue weighted by Crippen LogP contribution is -2.34. The minimum atomic E-state index is -0.446. The molecule has 0 aliphatic carbocycles. The van der Waals surface area contributed by atoms with Gasteiger partial charge in [0.05, 0.1) is 5.69 Å². The number of nitrogens with zero attached hydrogens (tertiary/aromatic N) is 3. The molecule has 1 saturated heterocycles. The van der Waals surface area contributed by atoms with Crippen molar-refractivity contribution in [1.82, 2.24) is 4.90 Å². The summed E-state index contributed by atoms with van der Waals surface area (Å²) < 4.78 is 10.5. The third kappa shape index (κ3) is 2.59. The molecule has 0 N–H and O–H groups in total. The largest absolute Gasteiger partial charge is 0.454 e. The first kappa shape index (κ1) is 12.9. The van der Waals surface area contributed by atoms with E-state index in [1.165, 1.54) is 0 Å². The molecule has 2 heterocycles. The fraction of sp³-hybridized carbons (Fsp3) is 0.500. The van der Waals surface area contributed by atoms with Gasteiger partial charge in [-0.1, -0.05) is 0 Å². The van der Waals surface area contributed by atoms with Gasteiger partial charge in [0.2, 0.25) is 12.7 Å². The molecule has 1 amide bonds. The van der Waals surface area contributed by atoms with Gasteiger partial charge in [0.1, 0.15) is 6.04 Å². The van der Waals surface area contributed by atoms with Gasteiger partial charge in [-0.15, -0.1) is 0 Å². The van der Waals surface area contributed by atoms with Gasteiger partial charge in [0.25, 0.3) is 0 Å². The average Bonchev–Trinajstić information content (AvgIpc) is 3.13. The normalized spacial score (nSPS) is 18.8. The summed E-state index contributed by atoms with van der Waals surface area (Å²) >= 11 is 0. The number of fused-ring (bicyclic) bond motifs is 1. The van der Waals surface area contributed by atoms with Crippen molar-refractivity contribution in [1.29, 1.82) is 0 Å². The van der Waals surface area contributed by atoms with Crippen LogP contribution >= 0.6 is 0 Å². The highest BCUT2D eigenvalue weighted by Gasteiger charge is 2.23. The summed E-state index contributed by atoms with van der Waals surface area (Å²) in [5, 5.41) is 8.22. The Hall–Kier alpha value is -2.11. The van der Waals surface area contributed by atoms with Gasteiger partial charge in [0.15, 0.2) is 11.5 Å². The average molecular weight is 275 g/mol. The first-order valence-electron chi connectivity index (χ1n) is 6.83. The van der Waals surface area contributed by atoms with Crippen LogP contribution in [0.5, 0.6) is 11.5 Å². The van der Waals surface area contributed by atoms with Gasteiger partial charge in [0, 0.05) is 19.2 Å². The second-order valence-corrected chi connectivity index (χ2v) is 4.96. The molecule has 1 unspecified atom stereocenters. The van der Waals surface area contributed by atoms with E-state index < -0.39 is 6.04 Å². The first-order chi connectivity index (χ1) is 9.74. The van der Waals surface area contributed by atoms with E-state index >= 15 is 0 Å². The Labute approximate surface area is 117 Å². The van der Waals surface area contributed by atoms with Gasteiger partial charge >= 0.3 is 0 Å². The molecule has 1 fully saturated rings. The van der Waals surface area contributed by atoms with Gasteiger partial charge in [-0.2, -0.15) is 10.2 Å². The molecule has 106 valence electrons. The summed E-state index contributed by atoms with van der Waals surface area (Å²) in [6.45, 7) is 3.68. The van der Waals surface area contributed by atoms with Gasteiger partial charge in [-0.05, 0) is 31.9 Å². The summed E-state index contributed by atoms with van der Waals surface area (Å²) in [7, 11) is 0. The summed E-state index contributed by atoms with van der Waals surface area (Å²) in [6, 6.07) is 4.91. The number of carbonyl (C=O) groups is 1. The van der Waals surface area contributed by atoms with Gasteiger partial charge < -0.3 is 14.4 Å². The second kappa shape index (κ2) is 5.48. The van der Waals surface area contributed by atoms with E-state index in [0.29, 0.717) is 17.2 Å². The van der Waals surface area contributed by atoms with Crippen LogP contribution in [-0.4, -0.2) is 36.7 Å². The number of ether oxygens (including phenoxy) is 2. The molecule has 0 aromatic heterocycles. The minimum Gasteiger partial charge on any atom is -0.454 e. The maximum atomic E-state index is 12.1. The Morgan fingerprint density at radius 2 is 2.00 bits per heavy atom. The molecule has 3 rings (SSSR count). The van der Waals surface area contributed by atoms with Crippen LogP contribution in [0.4, 0.5) is 5.69 Å². The highest BCUT2D eigenvalue weighted by molar-refractivity contribution is 5.81. The van der Waals surface area contributed by atoms with Crippen molar-refractivity contribution in [3.05, 3.63) is 18.2 Å². The van der Waals surface area contributed by atoms with Gasteiger partial charge in [-0.25, -0.2) is 0 Å². The molecule has 20 heavy (non-hydrogen) atoms. The molecule has 0 radical (unpaired) electrons. The molecule has 2 aliphatic rings. The van der Waals surface area contributed by atoms with E-state index in [-0.39, 0.29) is 12.7 Å². The number of carbonyl (C=O) groups excluding carboxylic acids is 1. The fourth-order valence-corrected chi connectivity index (χ4v) is 2.35. The lowest BCUT2D eigenvalue weighted by atomic mass is 10.3. The molecule has 1 atom stereocenters. The quantitative estimate of drug-likeness (QED) is 0.796. The van der Waals surface area contributed by atoms with Crippen LogP contribution in [-0.2, 0) is 4.79 Å². The van der Waals surface area contributed by atoms with Crippen LogP contribution in [0.1, 0.15) is 19.8 Å². The lowest BCUT2D eigenvalue weighted by molar-refractivity contribution is -0.131. The first-order valence-corrected chi connectivity index (χ1v) is 6.83. The zero-order chi connectivity index (χ0) is 13.9. The number of amides is 1. The number of azo groups is 1. The molecule has 0 bridgehead atoms. The molecule has 1 aromatic carbocycles. The Bertz CT molecular complexity index is 538. The lowest BCUT2D eigenvalue weighted by Gasteiger charge is -2.16. The third-order valence-electron chi connectivity index (χ3n) is 3.48. The van der Waals surface area contributed by atoms with E-state index in [1.54, 1.807) is 25.1 Å². The van der Waals surface area contributed by atoms with Crippen molar-refractivity contribution < 1.29 is 14.3 Å². The Kier molecular flexibility index (Phi) is 3.54. The van der Waals surface area contributed by atoms with E-state index in [1.807, 2.05) is 4.90 Å². The predicted octanol–water partition coefficient (Wildman–Crippen LogP) is 2.51. The SMILES string of the molecule is CC(N=Nc1ccc2c(c1)OCO2)C(=O)N1CCCC1. The smallest absolute Gasteiger partial charge is 0.249 e. The van der Waals surface area contributed by atoms with E-state index in [2.05, 4.69) is 10.2 Å². The molecule has 6 nitrogen and oxygen atoms in total. The van der Waals surface area contributed by atoms with Crippen LogP contribution in [0.25, 0.3) is 0 Å². The molecule has 0 saturated carbocycles. The third-order valence-corrected chi connectivity index (χ3v) is 3.48. The monoisotopic (exact) mass is 275 g/mol. The van der Waals surface area contributed by atoms with Crippen molar-refractivity contribution in [3.8, 4) is 11.5 Å². The summed E-state index contributed by atoms with van der Waals surface area (Å²) in [4.78, 5) is 13.9. The topological polar surface area (TPSA) is 63.5 Å². The van der Waals surface area contributed by atoms with Crippen molar-refractivity contribution in [2.45, 2.75) is 25.8 Å². The van der Waals surface area contributed by atoms with E-state index in [4.69, 9.17) is 9.47 Å². The van der Waals surface area contributed by atoms with Crippen LogP contribution in [0, 0.1) is 0 Å². The maximum absolute atomic E-state index is 12.1. The van der Waals surface area contributed by atoms with Crippen LogP contribution in [0.15, 0.2) is 28.4 Å². The van der Waals surface area contributed by atoms with Crippen molar-refractivity contribution in [2.75, 3.05) is 19.9 Å². The van der Waals surface area contributed by atoms with Crippen molar-refractivity contribution >= 4 is 11.6 Å². The molecule has 1 aromatic rings. The number of likely N-dealkylation sites (tertiary alicyclic amines) is 1. The zero-order valence-corrected chi connectivity index (χ0v) is 11.4. The molecular formula is C14H17N3O3. The van der Waals surface area contributed by atoms with Crippen molar-refractivity contribution in [3.63, 3.8) is 0 Å². The number of hydrogen-bond acceptors (Lipinski definition) is 5. The van der Waals surface area contributed by atoms with Gasteiger partial charge in [-0.3, -0.25) is 4.79 Å². The summed E-state index contributed by atoms with van der Waals surface area (Å²) in [6.07, 6.45) is 2.16. The van der Waals surface area contributed by atoms with Crippen LogP contribution < -0.4 is 9.47 Å². The molecule has 2 aliphatic heterocycles. The molecular weight excluding hydrogens is 258 g/mol. The zero-order valence-electron chi connectivity index (χ0n) is 11.4. The Balaban J connectivity index is 1.65. The minimum absolute atomic E-state index is 0.0481. The fourth-order valence-electron chi connectivity index (χ4n) is 2.35. The Morgan fingerprint density at radius 1 is 1.25 bits per heavy atom. The summed E-state index contributed by atoms with van der Waals surface area (Å²) in [5.41, 5.74) is 0.662. The second-order valence-electron chi connectivity index (χ2n) is 4.96. The van der Waals surface area contributed by atoms with E-state index in [0.717, 1.165) is 25.9 Å². The standard InChI is InChI=1S/C14H17N3O3/c1-10(14(18)17-6-2-3-7-17)15-16-11-4-5-12-13(8-11)20-9-19-12/h4-5,8,10H,2-3,6-7,9H2,1H3. The Morgan fingerprint density at radius 3 is 2.80 bits per heavy atom. The predicted molar refractivity (Wildman–Crippen MR) is 72.4 cm³/mol. The number of benzene rings is 1. The maximum Gasteiger partial charge on any atom is 0.249 e.